The average Bonchev–Trinajstić information content (AvgIpc) is 2.84. The van der Waals surface area contributed by atoms with Crippen LogP contribution in [0.5, 0.6) is 0 Å². The lowest BCUT2D eigenvalue weighted by Gasteiger charge is -2.25. The fourth-order valence-electron chi connectivity index (χ4n) is 3.31. The molecule has 13 heteroatoms. The molecule has 1 aromatic rings. The van der Waals surface area contributed by atoms with Crippen LogP contribution >= 0.6 is 0 Å². The summed E-state index contributed by atoms with van der Waals surface area (Å²) in [5.74, 6) is -6.35. The molecule has 0 aliphatic rings. The number of amides is 4. The number of carboxylic acid groups (broad SMARTS) is 2. The van der Waals surface area contributed by atoms with Crippen LogP contribution in [0.1, 0.15) is 45.1 Å². The minimum Gasteiger partial charge on any atom is -0.481 e. The van der Waals surface area contributed by atoms with Crippen LogP contribution in [0.3, 0.4) is 0 Å². The smallest absolute Gasteiger partial charge is 0.326 e. The third-order valence-electron chi connectivity index (χ3n) is 5.78. The summed E-state index contributed by atoms with van der Waals surface area (Å²) in [4.78, 5) is 72.5. The molecule has 0 aliphatic carbocycles. The highest BCUT2D eigenvalue weighted by molar-refractivity contribution is 5.95. The lowest BCUT2D eigenvalue weighted by molar-refractivity contribution is -0.143. The van der Waals surface area contributed by atoms with E-state index in [0.29, 0.717) is 12.0 Å². The van der Waals surface area contributed by atoms with E-state index in [2.05, 4.69) is 16.0 Å². The Labute approximate surface area is 214 Å². The molecular weight excluding hydrogens is 486 g/mol. The van der Waals surface area contributed by atoms with Gasteiger partial charge in [-0.15, -0.1) is 0 Å². The summed E-state index contributed by atoms with van der Waals surface area (Å²) in [6.45, 7) is 3.55. The minimum atomic E-state index is -1.55. The lowest BCUT2D eigenvalue weighted by Crippen LogP contribution is -2.58. The van der Waals surface area contributed by atoms with Crippen LogP contribution in [0, 0.1) is 5.92 Å². The van der Waals surface area contributed by atoms with E-state index >= 15 is 0 Å². The summed E-state index contributed by atoms with van der Waals surface area (Å²) >= 11 is 0. The van der Waals surface area contributed by atoms with Gasteiger partial charge in [-0.2, -0.15) is 0 Å². The Kier molecular flexibility index (Phi) is 12.7. The molecule has 1 aromatic carbocycles. The summed E-state index contributed by atoms with van der Waals surface area (Å²) in [6, 6.07) is 3.16. The maximum atomic E-state index is 13.0. The Morgan fingerprint density at radius 2 is 1.41 bits per heavy atom. The van der Waals surface area contributed by atoms with Crippen LogP contribution in [-0.4, -0.2) is 69.9 Å². The number of nitrogens with one attached hydrogen (secondary N) is 3. The van der Waals surface area contributed by atoms with Crippen molar-refractivity contribution in [2.45, 2.75) is 70.1 Å². The second-order valence-corrected chi connectivity index (χ2v) is 8.73. The predicted octanol–water partition coefficient (Wildman–Crippen LogP) is -1.12. The number of hydrogen-bond acceptors (Lipinski definition) is 7. The van der Waals surface area contributed by atoms with E-state index in [1.807, 2.05) is 6.92 Å². The molecule has 5 unspecified atom stereocenters. The van der Waals surface area contributed by atoms with Crippen molar-refractivity contribution in [3.63, 3.8) is 0 Å². The number of aliphatic carboxylic acids is 2. The SMILES string of the molecule is CCC(C)C(N)C(=O)NC(CC(=O)O)C(=O)NC(Cc1ccccc1)C(=O)NC(CCC(N)=O)C(=O)O. The van der Waals surface area contributed by atoms with Gasteiger partial charge < -0.3 is 37.6 Å². The van der Waals surface area contributed by atoms with Crippen LogP contribution < -0.4 is 27.4 Å². The van der Waals surface area contributed by atoms with Gasteiger partial charge in [-0.05, 0) is 17.9 Å². The highest BCUT2D eigenvalue weighted by Crippen LogP contribution is 2.08. The van der Waals surface area contributed by atoms with Gasteiger partial charge in [-0.1, -0.05) is 50.6 Å². The largest absolute Gasteiger partial charge is 0.481 e. The monoisotopic (exact) mass is 521 g/mol. The first-order chi connectivity index (χ1) is 17.3. The molecule has 0 saturated carbocycles. The van der Waals surface area contributed by atoms with Crippen LogP contribution in [0.4, 0.5) is 0 Å². The Balaban J connectivity index is 3.14. The third-order valence-corrected chi connectivity index (χ3v) is 5.78. The number of hydrogen-bond donors (Lipinski definition) is 7. The molecule has 0 heterocycles. The van der Waals surface area contributed by atoms with Gasteiger partial charge in [-0.25, -0.2) is 4.79 Å². The Morgan fingerprint density at radius 3 is 1.92 bits per heavy atom. The van der Waals surface area contributed by atoms with Gasteiger partial charge in [0.05, 0.1) is 12.5 Å². The summed E-state index contributed by atoms with van der Waals surface area (Å²) in [6.07, 6.45) is -0.838. The molecule has 1 rings (SSSR count). The van der Waals surface area contributed by atoms with Crippen LogP contribution in [0.15, 0.2) is 30.3 Å². The highest BCUT2D eigenvalue weighted by atomic mass is 16.4. The zero-order chi connectivity index (χ0) is 28.1. The zero-order valence-corrected chi connectivity index (χ0v) is 20.8. The van der Waals surface area contributed by atoms with E-state index in [0.717, 1.165) is 0 Å². The topological polar surface area (TPSA) is 231 Å². The number of carboxylic acids is 2. The number of rotatable bonds is 16. The van der Waals surface area contributed by atoms with Crippen molar-refractivity contribution in [3.05, 3.63) is 35.9 Å². The van der Waals surface area contributed by atoms with E-state index in [1.165, 1.54) is 0 Å². The fraction of sp³-hybridized carbons (Fsp3) is 0.500. The number of nitrogens with two attached hydrogens (primary N) is 2. The molecule has 0 bridgehead atoms. The first kappa shape index (κ1) is 31.0. The second kappa shape index (κ2) is 15.2. The van der Waals surface area contributed by atoms with Crippen molar-refractivity contribution in [1.82, 2.24) is 16.0 Å². The molecule has 5 atom stereocenters. The van der Waals surface area contributed by atoms with E-state index in [4.69, 9.17) is 11.5 Å². The second-order valence-electron chi connectivity index (χ2n) is 8.73. The van der Waals surface area contributed by atoms with Gasteiger partial charge >= 0.3 is 11.9 Å². The fourth-order valence-corrected chi connectivity index (χ4v) is 3.31. The van der Waals surface area contributed by atoms with Gasteiger partial charge in [0.25, 0.3) is 0 Å². The number of primary amides is 1. The molecule has 0 aromatic heterocycles. The molecule has 9 N–H and O–H groups in total. The molecular formula is C24H35N5O8. The Hall–Kier alpha value is -4.00. The van der Waals surface area contributed by atoms with Gasteiger partial charge in [-0.3, -0.25) is 24.0 Å². The van der Waals surface area contributed by atoms with Crippen molar-refractivity contribution in [2.24, 2.45) is 17.4 Å². The maximum Gasteiger partial charge on any atom is 0.326 e. The van der Waals surface area contributed by atoms with Crippen molar-refractivity contribution < 1.29 is 39.0 Å². The van der Waals surface area contributed by atoms with Crippen molar-refractivity contribution in [1.29, 1.82) is 0 Å². The van der Waals surface area contributed by atoms with Gasteiger partial charge in [0.15, 0.2) is 0 Å². The number of benzene rings is 1. The standard InChI is InChI=1S/C24H35N5O8/c1-3-13(2)20(26)23(35)29-17(12-19(31)32)22(34)28-16(11-14-7-5-4-6-8-14)21(33)27-15(24(36)37)9-10-18(25)30/h4-8,13,15-17,20H,3,9-12,26H2,1-2H3,(H2,25,30)(H,27,33)(H,28,34)(H,29,35)(H,31,32)(H,36,37). The molecule has 0 radical (unpaired) electrons. The van der Waals surface area contributed by atoms with E-state index in [-0.39, 0.29) is 25.2 Å². The molecule has 13 nitrogen and oxygen atoms in total. The van der Waals surface area contributed by atoms with E-state index in [9.17, 15) is 39.0 Å². The number of carbonyl (C=O) groups excluding carboxylic acids is 4. The summed E-state index contributed by atoms with van der Waals surface area (Å²) in [5, 5.41) is 25.7. The molecule has 37 heavy (non-hydrogen) atoms. The quantitative estimate of drug-likeness (QED) is 0.139. The normalized spacial score (nSPS) is 14.8. The van der Waals surface area contributed by atoms with Gasteiger partial charge in [0.2, 0.25) is 23.6 Å². The summed E-state index contributed by atoms with van der Waals surface area (Å²) in [7, 11) is 0. The molecule has 0 aliphatic heterocycles. The molecule has 0 fully saturated rings. The van der Waals surface area contributed by atoms with Crippen molar-refractivity contribution in [2.75, 3.05) is 0 Å². The molecule has 0 spiro atoms. The molecule has 204 valence electrons. The first-order valence-electron chi connectivity index (χ1n) is 11.8. The van der Waals surface area contributed by atoms with E-state index < -0.39 is 66.2 Å². The van der Waals surface area contributed by atoms with Crippen molar-refractivity contribution in [3.8, 4) is 0 Å². The zero-order valence-electron chi connectivity index (χ0n) is 20.8. The Morgan fingerprint density at radius 1 is 0.865 bits per heavy atom. The Bertz CT molecular complexity index is 971. The van der Waals surface area contributed by atoms with E-state index in [1.54, 1.807) is 37.3 Å². The summed E-state index contributed by atoms with van der Waals surface area (Å²) in [5.41, 5.74) is 11.6. The van der Waals surface area contributed by atoms with Crippen LogP contribution in [0.25, 0.3) is 0 Å². The van der Waals surface area contributed by atoms with Crippen LogP contribution in [0.2, 0.25) is 0 Å². The van der Waals surface area contributed by atoms with Gasteiger partial charge in [0, 0.05) is 12.8 Å². The van der Waals surface area contributed by atoms with Crippen LogP contribution in [-0.2, 0) is 35.2 Å². The average molecular weight is 522 g/mol. The summed E-state index contributed by atoms with van der Waals surface area (Å²) < 4.78 is 0. The maximum absolute atomic E-state index is 13.0. The lowest BCUT2D eigenvalue weighted by atomic mass is 9.98. The molecule has 4 amide bonds. The predicted molar refractivity (Wildman–Crippen MR) is 132 cm³/mol. The van der Waals surface area contributed by atoms with Crippen molar-refractivity contribution >= 4 is 35.6 Å². The minimum absolute atomic E-state index is 0.0688. The number of carbonyl (C=O) groups is 6. The highest BCUT2D eigenvalue weighted by Gasteiger charge is 2.32. The molecule has 0 saturated heterocycles. The third kappa shape index (κ3) is 11.1. The van der Waals surface area contributed by atoms with Gasteiger partial charge in [0.1, 0.15) is 18.1 Å². The first-order valence-corrected chi connectivity index (χ1v) is 11.8.